The molecule has 0 N–H and O–H groups in total. The van der Waals surface area contributed by atoms with Crippen LogP contribution in [0.1, 0.15) is 23.1 Å². The minimum absolute atomic E-state index is 0.0699. The molecule has 3 unspecified atom stereocenters. The van der Waals surface area contributed by atoms with Crippen LogP contribution in [-0.2, 0) is 16.6 Å². The first kappa shape index (κ1) is 18.9. The Morgan fingerprint density at radius 2 is 1.72 bits per heavy atom. The predicted octanol–water partition coefficient (Wildman–Crippen LogP) is 2.98. The zero-order valence-corrected chi connectivity index (χ0v) is 16.4. The number of para-hydroxylation sites is 1. The lowest BCUT2D eigenvalue weighted by Gasteiger charge is -2.24. The van der Waals surface area contributed by atoms with Gasteiger partial charge in [0.25, 0.3) is 0 Å². The van der Waals surface area contributed by atoms with E-state index in [1.54, 1.807) is 30.4 Å². The van der Waals surface area contributed by atoms with Gasteiger partial charge in [0.15, 0.2) is 0 Å². The summed E-state index contributed by atoms with van der Waals surface area (Å²) in [4.78, 5) is 32.6. The normalized spacial score (nSPS) is 19.9. The third-order valence-electron chi connectivity index (χ3n) is 5.40. The molecule has 1 aromatic heterocycles. The topological polar surface area (TPSA) is 64.4 Å². The molecule has 2 heterocycles. The highest BCUT2D eigenvalue weighted by molar-refractivity contribution is 5.91. The van der Waals surface area contributed by atoms with Crippen molar-refractivity contribution in [1.29, 1.82) is 0 Å². The summed E-state index contributed by atoms with van der Waals surface area (Å²) in [5.41, 5.74) is 1.58. The Balaban J connectivity index is 1.74. The minimum Gasteiger partial charge on any atom is -0.426 e. The molecule has 0 saturated carbocycles. The number of likely N-dealkylation sites (N-methyl/N-ethyl adjacent to an activating group) is 1. The lowest BCUT2D eigenvalue weighted by Crippen LogP contribution is -2.33. The van der Waals surface area contributed by atoms with Gasteiger partial charge in [-0.2, -0.15) is 0 Å². The van der Waals surface area contributed by atoms with Crippen molar-refractivity contribution < 1.29 is 14.3 Å². The third kappa shape index (κ3) is 3.78. The first-order valence-corrected chi connectivity index (χ1v) is 9.59. The number of hydrogen-bond acceptors (Lipinski definition) is 4. The standard InChI is InChI=1S/C23H23N3O3/c1-25-14-19(24-15-25)18-13-26(2)22(27)21(18)20(16-9-5-3-6-10-16)23(28)29-17-11-7-4-8-12-17/h3-12,14-15,18,20-21H,13H2,1-2H3. The van der Waals surface area contributed by atoms with E-state index in [4.69, 9.17) is 4.74 Å². The van der Waals surface area contributed by atoms with Crippen LogP contribution in [0, 0.1) is 5.92 Å². The summed E-state index contributed by atoms with van der Waals surface area (Å²) in [6, 6.07) is 18.3. The first-order chi connectivity index (χ1) is 14.0. The molecule has 0 aliphatic carbocycles. The molecule has 1 amide bonds. The molecule has 1 fully saturated rings. The van der Waals surface area contributed by atoms with Crippen LogP contribution >= 0.6 is 0 Å². The van der Waals surface area contributed by atoms with Crippen molar-refractivity contribution in [3.05, 3.63) is 84.4 Å². The summed E-state index contributed by atoms with van der Waals surface area (Å²) in [6.07, 6.45) is 3.63. The van der Waals surface area contributed by atoms with Crippen LogP contribution < -0.4 is 4.74 Å². The summed E-state index contributed by atoms with van der Waals surface area (Å²) in [5, 5.41) is 0. The molecule has 0 spiro atoms. The molecule has 3 atom stereocenters. The molecule has 6 nitrogen and oxygen atoms in total. The van der Waals surface area contributed by atoms with Gasteiger partial charge in [-0.3, -0.25) is 9.59 Å². The van der Waals surface area contributed by atoms with Gasteiger partial charge in [0.1, 0.15) is 5.75 Å². The second-order valence-electron chi connectivity index (χ2n) is 7.44. The first-order valence-electron chi connectivity index (χ1n) is 9.59. The van der Waals surface area contributed by atoms with Gasteiger partial charge >= 0.3 is 5.97 Å². The summed E-state index contributed by atoms with van der Waals surface area (Å²) in [6.45, 7) is 0.516. The zero-order valence-electron chi connectivity index (χ0n) is 16.4. The van der Waals surface area contributed by atoms with Crippen LogP contribution in [0.4, 0.5) is 0 Å². The summed E-state index contributed by atoms with van der Waals surface area (Å²) >= 11 is 0. The summed E-state index contributed by atoms with van der Waals surface area (Å²) < 4.78 is 7.54. The average molecular weight is 389 g/mol. The minimum atomic E-state index is -0.721. The molecule has 3 aromatic rings. The van der Waals surface area contributed by atoms with Gasteiger partial charge < -0.3 is 14.2 Å². The molecule has 1 saturated heterocycles. The number of hydrogen-bond donors (Lipinski definition) is 0. The molecular formula is C23H23N3O3. The molecule has 1 aliphatic heterocycles. The number of nitrogens with zero attached hydrogens (tertiary/aromatic N) is 3. The number of esters is 1. The van der Waals surface area contributed by atoms with Crippen molar-refractivity contribution in [2.75, 3.05) is 13.6 Å². The van der Waals surface area contributed by atoms with Gasteiger partial charge in [-0.05, 0) is 17.7 Å². The van der Waals surface area contributed by atoms with Crippen molar-refractivity contribution in [1.82, 2.24) is 14.5 Å². The Kier molecular flexibility index (Phi) is 5.16. The number of likely N-dealkylation sites (tertiary alicyclic amines) is 1. The molecule has 0 radical (unpaired) electrons. The third-order valence-corrected chi connectivity index (χ3v) is 5.40. The number of ether oxygens (including phenoxy) is 1. The second kappa shape index (κ2) is 7.91. The highest BCUT2D eigenvalue weighted by atomic mass is 16.5. The molecule has 29 heavy (non-hydrogen) atoms. The van der Waals surface area contributed by atoms with Gasteiger partial charge in [0, 0.05) is 32.8 Å². The van der Waals surface area contributed by atoms with E-state index in [-0.39, 0.29) is 11.8 Å². The Morgan fingerprint density at radius 1 is 1.07 bits per heavy atom. The lowest BCUT2D eigenvalue weighted by atomic mass is 9.78. The number of benzene rings is 2. The number of aryl methyl sites for hydroxylation is 1. The van der Waals surface area contributed by atoms with Gasteiger partial charge in [-0.15, -0.1) is 0 Å². The summed E-state index contributed by atoms with van der Waals surface area (Å²) in [5.74, 6) is -1.53. The van der Waals surface area contributed by atoms with Crippen LogP contribution in [0.2, 0.25) is 0 Å². The summed E-state index contributed by atoms with van der Waals surface area (Å²) in [7, 11) is 3.66. The fraction of sp³-hybridized carbons (Fsp3) is 0.261. The Bertz CT molecular complexity index is 1000. The van der Waals surface area contributed by atoms with Crippen molar-refractivity contribution in [2.45, 2.75) is 11.8 Å². The van der Waals surface area contributed by atoms with Gasteiger partial charge in [0.2, 0.25) is 5.91 Å². The maximum atomic E-state index is 13.3. The van der Waals surface area contributed by atoms with Gasteiger partial charge in [-0.1, -0.05) is 48.5 Å². The van der Waals surface area contributed by atoms with Crippen molar-refractivity contribution in [3.8, 4) is 5.75 Å². The predicted molar refractivity (Wildman–Crippen MR) is 108 cm³/mol. The fourth-order valence-corrected chi connectivity index (χ4v) is 4.02. The van der Waals surface area contributed by atoms with Gasteiger partial charge in [0.05, 0.1) is 23.9 Å². The van der Waals surface area contributed by atoms with Gasteiger partial charge in [-0.25, -0.2) is 4.98 Å². The van der Waals surface area contributed by atoms with E-state index in [0.717, 1.165) is 11.3 Å². The number of carbonyl (C=O) groups excluding carboxylic acids is 2. The molecule has 4 rings (SSSR count). The molecule has 148 valence electrons. The highest BCUT2D eigenvalue weighted by Gasteiger charge is 2.48. The maximum absolute atomic E-state index is 13.3. The molecule has 2 aromatic carbocycles. The molecule has 6 heteroatoms. The monoisotopic (exact) mass is 389 g/mol. The quantitative estimate of drug-likeness (QED) is 0.497. The Morgan fingerprint density at radius 3 is 2.34 bits per heavy atom. The molecule has 0 bridgehead atoms. The number of carbonyl (C=O) groups is 2. The van der Waals surface area contributed by atoms with E-state index in [9.17, 15) is 9.59 Å². The number of amides is 1. The Labute approximate surface area is 169 Å². The van der Waals surface area contributed by atoms with Crippen molar-refractivity contribution in [2.24, 2.45) is 13.0 Å². The average Bonchev–Trinajstić information content (AvgIpc) is 3.28. The van der Waals surface area contributed by atoms with Crippen molar-refractivity contribution in [3.63, 3.8) is 0 Å². The van der Waals surface area contributed by atoms with Crippen molar-refractivity contribution >= 4 is 11.9 Å². The van der Waals surface area contributed by atoms with Crippen LogP contribution in [0.3, 0.4) is 0 Å². The largest absolute Gasteiger partial charge is 0.426 e. The maximum Gasteiger partial charge on any atom is 0.319 e. The van der Waals surface area contributed by atoms with E-state index in [1.165, 1.54) is 0 Å². The van der Waals surface area contributed by atoms with E-state index < -0.39 is 17.8 Å². The van der Waals surface area contributed by atoms with Crippen LogP contribution in [-0.4, -0.2) is 39.9 Å². The van der Waals surface area contributed by atoms with E-state index in [0.29, 0.717) is 12.3 Å². The second-order valence-corrected chi connectivity index (χ2v) is 7.44. The number of rotatable bonds is 5. The molecular weight excluding hydrogens is 366 g/mol. The van der Waals surface area contributed by atoms with Crippen LogP contribution in [0.25, 0.3) is 0 Å². The van der Waals surface area contributed by atoms with Crippen LogP contribution in [0.5, 0.6) is 5.75 Å². The SMILES string of the molecule is CN1CC(c2cn(C)cn2)C(C(C(=O)Oc2ccccc2)c2ccccc2)C1=O. The number of imidazole rings is 1. The smallest absolute Gasteiger partial charge is 0.319 e. The Hall–Kier alpha value is -3.41. The molecule has 1 aliphatic rings. The van der Waals surface area contributed by atoms with Crippen LogP contribution in [0.15, 0.2) is 73.2 Å². The van der Waals surface area contributed by atoms with E-state index in [1.807, 2.05) is 66.3 Å². The highest BCUT2D eigenvalue weighted by Crippen LogP contribution is 2.42. The van der Waals surface area contributed by atoms with E-state index in [2.05, 4.69) is 4.98 Å². The number of aromatic nitrogens is 2. The lowest BCUT2D eigenvalue weighted by molar-refractivity contribution is -0.142. The zero-order chi connectivity index (χ0) is 20.4. The van der Waals surface area contributed by atoms with E-state index >= 15 is 0 Å². The fourth-order valence-electron chi connectivity index (χ4n) is 4.02.